The van der Waals surface area contributed by atoms with Crippen molar-refractivity contribution < 1.29 is 9.59 Å². The van der Waals surface area contributed by atoms with Gasteiger partial charge >= 0.3 is 0 Å². The van der Waals surface area contributed by atoms with Crippen LogP contribution in [0.4, 0.5) is 0 Å². The molecule has 2 unspecified atom stereocenters. The Balaban J connectivity index is 1.90. The molecule has 2 amide bonds. The van der Waals surface area contributed by atoms with Gasteiger partial charge in [-0.15, -0.1) is 0 Å². The van der Waals surface area contributed by atoms with Gasteiger partial charge in [0.2, 0.25) is 5.91 Å². The molecule has 2 aliphatic heterocycles. The maximum atomic E-state index is 12.1. The Kier molecular flexibility index (Phi) is 2.38. The van der Waals surface area contributed by atoms with Crippen molar-refractivity contribution in [1.29, 1.82) is 0 Å². The van der Waals surface area contributed by atoms with E-state index in [1.165, 1.54) is 23.6 Å². The van der Waals surface area contributed by atoms with Crippen molar-refractivity contribution >= 4 is 40.5 Å². The summed E-state index contributed by atoms with van der Waals surface area (Å²) in [6.45, 7) is 1.42. The molecule has 0 spiro atoms. The van der Waals surface area contributed by atoms with Gasteiger partial charge in [-0.2, -0.15) is 11.3 Å². The number of thiophene rings is 1. The van der Waals surface area contributed by atoms with E-state index in [-0.39, 0.29) is 17.2 Å². The van der Waals surface area contributed by atoms with Gasteiger partial charge in [-0.25, -0.2) is 0 Å². The van der Waals surface area contributed by atoms with Crippen molar-refractivity contribution in [2.45, 2.75) is 24.3 Å². The van der Waals surface area contributed by atoms with Crippen LogP contribution in [0.25, 0.3) is 0 Å². The number of imide groups is 1. The van der Waals surface area contributed by atoms with Crippen LogP contribution in [0, 0.1) is 0 Å². The van der Waals surface area contributed by atoms with Crippen LogP contribution in [-0.4, -0.2) is 33.2 Å². The number of hydrogen-bond acceptors (Lipinski definition) is 5. The topological polar surface area (TPSA) is 49.7 Å². The van der Waals surface area contributed by atoms with Gasteiger partial charge in [0.15, 0.2) is 5.54 Å². The molecule has 17 heavy (non-hydrogen) atoms. The second-order valence-corrected chi connectivity index (χ2v) is 5.86. The zero-order valence-electron chi connectivity index (χ0n) is 9.12. The molecule has 2 aliphatic rings. The third kappa shape index (κ3) is 1.40. The Labute approximate surface area is 107 Å². The summed E-state index contributed by atoms with van der Waals surface area (Å²) >= 11 is 3.05. The highest BCUT2D eigenvalue weighted by atomic mass is 32.2. The summed E-state index contributed by atoms with van der Waals surface area (Å²) in [5.41, 5.74) is 2.08. The van der Waals surface area contributed by atoms with E-state index < -0.39 is 5.54 Å². The van der Waals surface area contributed by atoms with Gasteiger partial charge in [0.25, 0.3) is 5.91 Å². The Bertz CT molecular complexity index is 512. The van der Waals surface area contributed by atoms with Crippen LogP contribution in [0.1, 0.15) is 12.5 Å². The Morgan fingerprint density at radius 2 is 2.47 bits per heavy atom. The van der Waals surface area contributed by atoms with Crippen LogP contribution in [-0.2, 0) is 16.0 Å². The Morgan fingerprint density at radius 1 is 1.65 bits per heavy atom. The molecule has 3 heterocycles. The number of fused-ring (bicyclic) bond motifs is 1. The van der Waals surface area contributed by atoms with Gasteiger partial charge < -0.3 is 0 Å². The Hall–Kier alpha value is -1.14. The molecular formula is C11H10N2O2S2. The molecule has 4 nitrogen and oxygen atoms in total. The second kappa shape index (κ2) is 3.68. The highest BCUT2D eigenvalue weighted by molar-refractivity contribution is 8.13. The summed E-state index contributed by atoms with van der Waals surface area (Å²) < 4.78 is 0. The summed E-state index contributed by atoms with van der Waals surface area (Å²) in [6.07, 6.45) is 0.591. The highest BCUT2D eigenvalue weighted by Crippen LogP contribution is 2.47. The fraction of sp³-hybridized carbons (Fsp3) is 0.364. The smallest absolute Gasteiger partial charge is 0.261 e. The Morgan fingerprint density at radius 3 is 3.12 bits per heavy atom. The molecule has 1 fully saturated rings. The van der Waals surface area contributed by atoms with Gasteiger partial charge in [-0.05, 0) is 22.4 Å². The third-order valence-corrected chi connectivity index (χ3v) is 4.92. The van der Waals surface area contributed by atoms with E-state index in [0.717, 1.165) is 5.56 Å². The number of thioether (sulfide) groups is 1. The normalized spacial score (nSPS) is 30.3. The maximum Gasteiger partial charge on any atom is 0.261 e. The van der Waals surface area contributed by atoms with E-state index in [1.54, 1.807) is 16.9 Å². The van der Waals surface area contributed by atoms with Crippen LogP contribution in [0.3, 0.4) is 0 Å². The van der Waals surface area contributed by atoms with Crippen molar-refractivity contribution in [2.24, 2.45) is 4.99 Å². The predicted molar refractivity (Wildman–Crippen MR) is 68.2 cm³/mol. The number of carbonyl (C=O) groups is 2. The van der Waals surface area contributed by atoms with E-state index in [4.69, 9.17) is 0 Å². The molecule has 3 rings (SSSR count). The molecule has 0 bridgehead atoms. The third-order valence-electron chi connectivity index (χ3n) is 3.10. The molecule has 88 valence electrons. The quantitative estimate of drug-likeness (QED) is 0.763. The molecule has 0 saturated carbocycles. The van der Waals surface area contributed by atoms with E-state index >= 15 is 0 Å². The number of aliphatic imine (C=N–C) groups is 1. The monoisotopic (exact) mass is 266 g/mol. The average molecular weight is 266 g/mol. The lowest BCUT2D eigenvalue weighted by molar-refractivity contribution is -0.161. The van der Waals surface area contributed by atoms with E-state index in [2.05, 4.69) is 4.99 Å². The zero-order chi connectivity index (χ0) is 12.0. The number of amides is 2. The van der Waals surface area contributed by atoms with Crippen LogP contribution < -0.4 is 0 Å². The van der Waals surface area contributed by atoms with Crippen molar-refractivity contribution in [2.75, 3.05) is 0 Å². The molecule has 0 aliphatic carbocycles. The van der Waals surface area contributed by atoms with Crippen LogP contribution in [0.15, 0.2) is 21.8 Å². The number of β-lactam (4-membered cyclic amide) rings is 1. The summed E-state index contributed by atoms with van der Waals surface area (Å²) in [6, 6.07) is 2.00. The minimum atomic E-state index is -0.725. The summed E-state index contributed by atoms with van der Waals surface area (Å²) in [5, 5.41) is 3.86. The standard InChI is InChI=1S/C11H10N2O2S2/c1-7(14)13-9(15)11(10(13)17-6-12-11)4-8-2-3-16-5-8/h2-3,5-6,10H,4H2,1H3. The number of nitrogens with zero attached hydrogens (tertiary/aromatic N) is 2. The first-order valence-electron chi connectivity index (χ1n) is 5.19. The highest BCUT2D eigenvalue weighted by Gasteiger charge is 2.64. The summed E-state index contributed by atoms with van der Waals surface area (Å²) in [5.74, 6) is -0.360. The van der Waals surface area contributed by atoms with Gasteiger partial charge in [-0.1, -0.05) is 11.8 Å². The minimum absolute atomic E-state index is 0.146. The van der Waals surface area contributed by atoms with Gasteiger partial charge in [-0.3, -0.25) is 19.5 Å². The first-order valence-corrected chi connectivity index (χ1v) is 7.08. The molecule has 2 atom stereocenters. The molecule has 1 saturated heterocycles. The number of hydrogen-bond donors (Lipinski definition) is 0. The number of carbonyl (C=O) groups excluding carboxylic acids is 2. The average Bonchev–Trinajstić information content (AvgIpc) is 2.88. The first kappa shape index (κ1) is 11.0. The van der Waals surface area contributed by atoms with Crippen molar-refractivity contribution in [3.05, 3.63) is 22.4 Å². The lowest BCUT2D eigenvalue weighted by atomic mass is 9.83. The largest absolute Gasteiger partial charge is 0.275 e. The predicted octanol–water partition coefficient (Wildman–Crippen LogP) is 1.52. The molecule has 0 aromatic carbocycles. The molecule has 0 N–H and O–H groups in total. The van der Waals surface area contributed by atoms with Gasteiger partial charge in [0.1, 0.15) is 5.37 Å². The van der Waals surface area contributed by atoms with Gasteiger partial charge in [0.05, 0.1) is 5.55 Å². The lowest BCUT2D eigenvalue weighted by Crippen LogP contribution is -2.72. The fourth-order valence-electron chi connectivity index (χ4n) is 2.26. The molecule has 0 radical (unpaired) electrons. The van der Waals surface area contributed by atoms with E-state index in [1.807, 2.05) is 16.8 Å². The van der Waals surface area contributed by atoms with Crippen LogP contribution >= 0.6 is 23.1 Å². The number of likely N-dealkylation sites (tertiary alicyclic amines) is 1. The van der Waals surface area contributed by atoms with Crippen molar-refractivity contribution in [3.8, 4) is 0 Å². The SMILES string of the molecule is CC(=O)N1C(=O)C2(Cc3ccsc3)N=CSC12. The minimum Gasteiger partial charge on any atom is -0.275 e. The molecule has 1 aromatic rings. The first-order chi connectivity index (χ1) is 8.15. The van der Waals surface area contributed by atoms with E-state index in [0.29, 0.717) is 6.42 Å². The van der Waals surface area contributed by atoms with E-state index in [9.17, 15) is 9.59 Å². The zero-order valence-corrected chi connectivity index (χ0v) is 10.8. The number of rotatable bonds is 2. The van der Waals surface area contributed by atoms with Gasteiger partial charge in [0, 0.05) is 13.3 Å². The van der Waals surface area contributed by atoms with Crippen LogP contribution in [0.5, 0.6) is 0 Å². The molecule has 6 heteroatoms. The fourth-order valence-corrected chi connectivity index (χ4v) is 4.13. The summed E-state index contributed by atoms with van der Waals surface area (Å²) in [7, 11) is 0. The van der Waals surface area contributed by atoms with Crippen LogP contribution in [0.2, 0.25) is 0 Å². The maximum absolute atomic E-state index is 12.1. The molecular weight excluding hydrogens is 256 g/mol. The summed E-state index contributed by atoms with van der Waals surface area (Å²) in [4.78, 5) is 29.1. The second-order valence-electron chi connectivity index (χ2n) is 4.15. The molecule has 1 aromatic heterocycles. The van der Waals surface area contributed by atoms with Crippen molar-refractivity contribution in [3.63, 3.8) is 0 Å². The van der Waals surface area contributed by atoms with Crippen molar-refractivity contribution in [1.82, 2.24) is 4.90 Å². The lowest BCUT2D eigenvalue weighted by Gasteiger charge is -2.48.